The van der Waals surface area contributed by atoms with E-state index >= 15 is 0 Å². The largest absolute Gasteiger partial charge is 0.342 e. The van der Waals surface area contributed by atoms with Crippen LogP contribution in [0.3, 0.4) is 0 Å². The molecule has 0 saturated carbocycles. The maximum Gasteiger partial charge on any atom is 0.236 e. The van der Waals surface area contributed by atoms with Crippen LogP contribution < -0.4 is 5.32 Å². The molecule has 1 heterocycles. The van der Waals surface area contributed by atoms with Gasteiger partial charge in [0.2, 0.25) is 5.91 Å². The smallest absolute Gasteiger partial charge is 0.236 e. The molecule has 1 N–H and O–H groups in total. The third-order valence-electron chi connectivity index (χ3n) is 4.13. The third-order valence-corrected chi connectivity index (χ3v) is 4.95. The van der Waals surface area contributed by atoms with Crippen molar-refractivity contribution in [1.29, 1.82) is 0 Å². The molecule has 0 aliphatic carbocycles. The Morgan fingerprint density at radius 3 is 2.16 bits per heavy atom. The van der Waals surface area contributed by atoms with Gasteiger partial charge in [-0.3, -0.25) is 4.79 Å². The molecule has 0 aromatic rings. The predicted octanol–water partition coefficient (Wildman–Crippen LogP) is 2.57. The van der Waals surface area contributed by atoms with Crippen molar-refractivity contribution in [2.45, 2.75) is 53.0 Å². The summed E-state index contributed by atoms with van der Waals surface area (Å²) in [6.45, 7) is 13.1. The number of thiol groups is 1. The van der Waals surface area contributed by atoms with Gasteiger partial charge in [-0.1, -0.05) is 13.8 Å². The number of amides is 1. The average molecular weight is 286 g/mol. The van der Waals surface area contributed by atoms with E-state index in [1.807, 2.05) is 4.90 Å². The lowest BCUT2D eigenvalue weighted by molar-refractivity contribution is -0.132. The summed E-state index contributed by atoms with van der Waals surface area (Å²) >= 11 is 4.45. The monoisotopic (exact) mass is 286 g/mol. The highest BCUT2D eigenvalue weighted by atomic mass is 32.1. The Labute approximate surface area is 123 Å². The fourth-order valence-electron chi connectivity index (χ4n) is 2.49. The van der Waals surface area contributed by atoms with Crippen LogP contribution >= 0.6 is 12.6 Å². The molecule has 19 heavy (non-hydrogen) atoms. The normalized spacial score (nSPS) is 18.7. The van der Waals surface area contributed by atoms with Gasteiger partial charge in [-0.05, 0) is 50.7 Å². The molecule has 1 aliphatic heterocycles. The maximum absolute atomic E-state index is 12.1. The minimum Gasteiger partial charge on any atom is -0.342 e. The van der Waals surface area contributed by atoms with Crippen molar-refractivity contribution in [3.63, 3.8) is 0 Å². The zero-order valence-electron chi connectivity index (χ0n) is 13.1. The molecule has 0 bridgehead atoms. The minimum absolute atomic E-state index is 0.00199. The fourth-order valence-corrected chi connectivity index (χ4v) is 2.75. The highest BCUT2D eigenvalue weighted by Crippen LogP contribution is 2.35. The van der Waals surface area contributed by atoms with E-state index in [2.05, 4.69) is 52.6 Å². The number of nitrogens with one attached hydrogen (secondary N) is 1. The summed E-state index contributed by atoms with van der Waals surface area (Å²) in [6, 6.07) is 0. The Bertz CT molecular complexity index is 302. The molecule has 0 atom stereocenters. The van der Waals surface area contributed by atoms with Gasteiger partial charge in [-0.2, -0.15) is 12.6 Å². The highest BCUT2D eigenvalue weighted by Gasteiger charge is 2.32. The Morgan fingerprint density at radius 2 is 1.74 bits per heavy atom. The first kappa shape index (κ1) is 16.8. The number of carbonyl (C=O) groups is 1. The molecule has 3 nitrogen and oxygen atoms in total. The standard InChI is InChI=1S/C15H30N2OS/c1-14(2,3)16-10-13(18)17-8-6-12(7-9-17)15(4,5)11-19/h12,16,19H,6-11H2,1-5H3. The van der Waals surface area contributed by atoms with Gasteiger partial charge in [0.05, 0.1) is 6.54 Å². The second-order valence-corrected chi connectivity index (χ2v) is 7.72. The number of hydrogen-bond acceptors (Lipinski definition) is 3. The van der Waals surface area contributed by atoms with Gasteiger partial charge in [-0.25, -0.2) is 0 Å². The van der Waals surface area contributed by atoms with Crippen LogP contribution in [0.15, 0.2) is 0 Å². The van der Waals surface area contributed by atoms with Gasteiger partial charge >= 0.3 is 0 Å². The lowest BCUT2D eigenvalue weighted by Crippen LogP contribution is -2.48. The molecule has 0 radical (unpaired) electrons. The fraction of sp³-hybridized carbons (Fsp3) is 0.933. The average Bonchev–Trinajstić information content (AvgIpc) is 2.35. The summed E-state index contributed by atoms with van der Waals surface area (Å²) in [6.07, 6.45) is 2.21. The second-order valence-electron chi connectivity index (χ2n) is 7.41. The number of hydrogen-bond donors (Lipinski definition) is 2. The van der Waals surface area contributed by atoms with Crippen LogP contribution in [0.5, 0.6) is 0 Å². The maximum atomic E-state index is 12.1. The molecule has 1 fully saturated rings. The first-order valence-corrected chi connectivity index (χ1v) is 7.92. The summed E-state index contributed by atoms with van der Waals surface area (Å²) in [5.74, 6) is 1.83. The van der Waals surface area contributed by atoms with Gasteiger partial charge in [0, 0.05) is 18.6 Å². The van der Waals surface area contributed by atoms with Crippen molar-refractivity contribution in [3.8, 4) is 0 Å². The van der Waals surface area contributed by atoms with E-state index in [0.29, 0.717) is 12.5 Å². The third kappa shape index (κ3) is 5.35. The van der Waals surface area contributed by atoms with Crippen LogP contribution in [0.2, 0.25) is 0 Å². The predicted molar refractivity (Wildman–Crippen MR) is 84.7 cm³/mol. The van der Waals surface area contributed by atoms with Gasteiger partial charge in [0.25, 0.3) is 0 Å². The van der Waals surface area contributed by atoms with Gasteiger partial charge in [0.15, 0.2) is 0 Å². The number of rotatable bonds is 4. The SMILES string of the molecule is CC(C)(C)NCC(=O)N1CCC(C(C)(C)CS)CC1. The number of carbonyl (C=O) groups excluding carboxylic acids is 1. The van der Waals surface area contributed by atoms with Crippen molar-refractivity contribution < 1.29 is 4.79 Å². The number of piperidine rings is 1. The van der Waals surface area contributed by atoms with Crippen LogP contribution in [0.4, 0.5) is 0 Å². The van der Waals surface area contributed by atoms with E-state index < -0.39 is 0 Å². The number of likely N-dealkylation sites (tertiary alicyclic amines) is 1. The van der Waals surface area contributed by atoms with Crippen molar-refractivity contribution in [2.24, 2.45) is 11.3 Å². The topological polar surface area (TPSA) is 32.3 Å². The van der Waals surface area contributed by atoms with Crippen LogP contribution in [0, 0.1) is 11.3 Å². The Hall–Kier alpha value is -0.220. The van der Waals surface area contributed by atoms with Crippen molar-refractivity contribution >= 4 is 18.5 Å². The Morgan fingerprint density at radius 1 is 1.21 bits per heavy atom. The Balaban J connectivity index is 2.39. The van der Waals surface area contributed by atoms with E-state index in [1.54, 1.807) is 0 Å². The van der Waals surface area contributed by atoms with Crippen molar-refractivity contribution in [1.82, 2.24) is 10.2 Å². The van der Waals surface area contributed by atoms with E-state index in [4.69, 9.17) is 0 Å². The van der Waals surface area contributed by atoms with E-state index in [0.717, 1.165) is 31.7 Å². The molecule has 0 unspecified atom stereocenters. The molecule has 0 spiro atoms. The van der Waals surface area contributed by atoms with Crippen molar-refractivity contribution in [2.75, 3.05) is 25.4 Å². The zero-order valence-corrected chi connectivity index (χ0v) is 14.0. The lowest BCUT2D eigenvalue weighted by Gasteiger charge is -2.40. The van der Waals surface area contributed by atoms with Gasteiger partial charge in [-0.15, -0.1) is 0 Å². The molecular weight excluding hydrogens is 256 g/mol. The van der Waals surface area contributed by atoms with Crippen LogP contribution in [0.25, 0.3) is 0 Å². The summed E-state index contributed by atoms with van der Waals surface area (Å²) in [4.78, 5) is 14.1. The summed E-state index contributed by atoms with van der Waals surface area (Å²) in [5.41, 5.74) is 0.282. The van der Waals surface area contributed by atoms with Crippen LogP contribution in [-0.2, 0) is 4.79 Å². The van der Waals surface area contributed by atoms with E-state index in [9.17, 15) is 4.79 Å². The Kier molecular flexibility index (Phi) is 5.75. The summed E-state index contributed by atoms with van der Waals surface area (Å²) in [5, 5.41) is 3.27. The van der Waals surface area contributed by atoms with Crippen LogP contribution in [0.1, 0.15) is 47.5 Å². The molecule has 1 saturated heterocycles. The van der Waals surface area contributed by atoms with Gasteiger partial charge < -0.3 is 10.2 Å². The first-order valence-electron chi connectivity index (χ1n) is 7.29. The molecule has 1 rings (SSSR count). The van der Waals surface area contributed by atoms with Crippen molar-refractivity contribution in [3.05, 3.63) is 0 Å². The summed E-state index contributed by atoms with van der Waals surface area (Å²) in [7, 11) is 0. The summed E-state index contributed by atoms with van der Waals surface area (Å²) < 4.78 is 0. The molecule has 1 aliphatic rings. The molecular formula is C15H30N2OS. The lowest BCUT2D eigenvalue weighted by atomic mass is 9.75. The zero-order chi connectivity index (χ0) is 14.7. The minimum atomic E-state index is 0.00199. The molecule has 4 heteroatoms. The quantitative estimate of drug-likeness (QED) is 0.779. The highest BCUT2D eigenvalue weighted by molar-refractivity contribution is 7.80. The molecule has 1 amide bonds. The number of nitrogens with zero attached hydrogens (tertiary/aromatic N) is 1. The van der Waals surface area contributed by atoms with Crippen LogP contribution in [-0.4, -0.2) is 41.7 Å². The molecule has 0 aromatic carbocycles. The first-order chi connectivity index (χ1) is 8.65. The molecule has 112 valence electrons. The van der Waals surface area contributed by atoms with Gasteiger partial charge in [0.1, 0.15) is 0 Å². The van der Waals surface area contributed by atoms with E-state index in [1.165, 1.54) is 0 Å². The second kappa shape index (κ2) is 6.49. The molecule has 0 aromatic heterocycles. The van der Waals surface area contributed by atoms with E-state index in [-0.39, 0.29) is 16.9 Å².